The van der Waals surface area contributed by atoms with Crippen molar-refractivity contribution in [2.75, 3.05) is 32.2 Å². The summed E-state index contributed by atoms with van der Waals surface area (Å²) in [5.41, 5.74) is 7.10. The number of ether oxygens (including phenoxy) is 4. The van der Waals surface area contributed by atoms with Crippen LogP contribution in [0.4, 0.5) is 9.93 Å². The second kappa shape index (κ2) is 14.6. The van der Waals surface area contributed by atoms with Crippen LogP contribution in [0.2, 0.25) is 0 Å². The number of rotatable bonds is 13. The molecule has 4 N–H and O–H groups in total. The molecule has 2 aliphatic carbocycles. The van der Waals surface area contributed by atoms with E-state index in [4.69, 9.17) is 34.6 Å². The first kappa shape index (κ1) is 35.6. The topological polar surface area (TPSA) is 167 Å². The van der Waals surface area contributed by atoms with Crippen LogP contribution in [0.3, 0.4) is 0 Å². The summed E-state index contributed by atoms with van der Waals surface area (Å²) in [6.45, 7) is 10.6. The lowest BCUT2D eigenvalue weighted by molar-refractivity contribution is -0.141. The number of aromatic nitrogens is 2. The molecule has 1 saturated heterocycles. The Morgan fingerprint density at radius 2 is 1.78 bits per heavy atom. The number of pyridine rings is 1. The minimum absolute atomic E-state index is 0.0955. The molecule has 0 radical (unpaired) electrons. The Kier molecular flexibility index (Phi) is 10.4. The molecule has 13 nitrogen and oxygen atoms in total. The van der Waals surface area contributed by atoms with E-state index in [0.29, 0.717) is 53.5 Å². The van der Waals surface area contributed by atoms with Crippen molar-refractivity contribution in [3.8, 4) is 22.9 Å². The number of hydrogen-bond donors (Lipinski definition) is 3. The Hall–Kier alpha value is -4.17. The smallest absolute Gasteiger partial charge is 0.408 e. The molecule has 3 heterocycles. The summed E-state index contributed by atoms with van der Waals surface area (Å²) in [7, 11) is 1.62. The normalized spacial score (nSPS) is 23.4. The summed E-state index contributed by atoms with van der Waals surface area (Å²) in [4.78, 5) is 51.0. The average molecular weight is 709 g/mol. The monoisotopic (exact) mass is 708 g/mol. The molecule has 1 aliphatic heterocycles. The van der Waals surface area contributed by atoms with E-state index in [-0.39, 0.29) is 25.1 Å². The standard InChI is InChI=1S/C36H48N6O7S/c1-19(2)38-34-40-28(18-50-34)27-16-30(25-8-7-22(14-26(25)39-27)47-10-9-46-6)48-24-15-29(32(37)43)42(17-24)33(44)31(36(3,4)5)41-35(45)49-23-12-20-11-21(20)13-23/h7-8,14,16,18-21,23-24,29,31H,9-13,15,17H2,1-6H3,(H2,37,43)(H,38,40)(H,41,45)/t20-,21+,23?,24-,29+,31-/m1/s1. The highest BCUT2D eigenvalue weighted by Gasteiger charge is 2.48. The van der Waals surface area contributed by atoms with Crippen molar-refractivity contribution in [2.24, 2.45) is 23.0 Å². The number of primary amides is 1. The van der Waals surface area contributed by atoms with Crippen molar-refractivity contribution >= 4 is 45.3 Å². The molecule has 0 bridgehead atoms. The highest BCUT2D eigenvalue weighted by molar-refractivity contribution is 7.14. The number of nitrogens with one attached hydrogen (secondary N) is 2. The van der Waals surface area contributed by atoms with E-state index in [0.717, 1.165) is 23.4 Å². The van der Waals surface area contributed by atoms with Crippen LogP contribution in [0.15, 0.2) is 29.6 Å². The molecule has 14 heteroatoms. The molecule has 50 heavy (non-hydrogen) atoms. The fraction of sp³-hybridized carbons (Fsp3) is 0.583. The van der Waals surface area contributed by atoms with Gasteiger partial charge in [0.25, 0.3) is 0 Å². The molecule has 270 valence electrons. The first-order chi connectivity index (χ1) is 23.8. The SMILES string of the molecule is COCCOc1ccc2c(O[C@@H]3C[C@@H](C(N)=O)N(C(=O)[C@@H](NC(=O)OC4C[C@@H]5C[C@@H]5C4)C(C)(C)C)C3)cc(-c3csc(NC(C)C)n3)nc2c1. The molecular formula is C36H48N6O7S. The fourth-order valence-electron chi connectivity index (χ4n) is 6.89. The lowest BCUT2D eigenvalue weighted by Gasteiger charge is -2.35. The van der Waals surface area contributed by atoms with E-state index >= 15 is 0 Å². The molecule has 2 saturated carbocycles. The number of thiazole rings is 1. The number of nitrogens with zero attached hydrogens (tertiary/aromatic N) is 3. The maximum absolute atomic E-state index is 14.2. The van der Waals surface area contributed by atoms with Crippen LogP contribution in [0.1, 0.15) is 60.3 Å². The van der Waals surface area contributed by atoms with Gasteiger partial charge >= 0.3 is 6.09 Å². The largest absolute Gasteiger partial charge is 0.491 e. The lowest BCUT2D eigenvalue weighted by atomic mass is 9.85. The summed E-state index contributed by atoms with van der Waals surface area (Å²) in [6, 6.07) is 5.72. The zero-order valence-corrected chi connectivity index (χ0v) is 30.4. The number of amides is 3. The van der Waals surface area contributed by atoms with Gasteiger partial charge in [0.15, 0.2) is 5.13 Å². The zero-order valence-electron chi connectivity index (χ0n) is 29.6. The third kappa shape index (κ3) is 8.23. The minimum Gasteiger partial charge on any atom is -0.491 e. The van der Waals surface area contributed by atoms with E-state index in [2.05, 4.69) is 10.6 Å². The number of benzene rings is 1. The molecule has 0 spiro atoms. The maximum Gasteiger partial charge on any atom is 0.408 e. The van der Waals surface area contributed by atoms with Crippen LogP contribution in [0.25, 0.3) is 22.3 Å². The van der Waals surface area contributed by atoms with Gasteiger partial charge in [-0.1, -0.05) is 20.8 Å². The van der Waals surface area contributed by atoms with Crippen LogP contribution in [0, 0.1) is 17.3 Å². The van der Waals surface area contributed by atoms with E-state index in [1.165, 1.54) is 22.7 Å². The number of carbonyl (C=O) groups excluding carboxylic acids is 3. The van der Waals surface area contributed by atoms with Crippen molar-refractivity contribution in [2.45, 2.75) is 90.6 Å². The molecular weight excluding hydrogens is 660 g/mol. The van der Waals surface area contributed by atoms with Crippen molar-refractivity contribution < 1.29 is 33.3 Å². The molecule has 6 atom stereocenters. The predicted octanol–water partition coefficient (Wildman–Crippen LogP) is 4.98. The van der Waals surface area contributed by atoms with Gasteiger partial charge in [-0.3, -0.25) is 9.59 Å². The molecule has 3 amide bonds. The molecule has 1 unspecified atom stereocenters. The summed E-state index contributed by atoms with van der Waals surface area (Å²) < 4.78 is 23.3. The molecule has 3 fully saturated rings. The second-order valence-corrected chi connectivity index (χ2v) is 15.8. The maximum atomic E-state index is 14.2. The highest BCUT2D eigenvalue weighted by atomic mass is 32.1. The molecule has 6 rings (SSSR count). The average Bonchev–Trinajstić information content (AvgIpc) is 3.38. The first-order valence-electron chi connectivity index (χ1n) is 17.3. The highest BCUT2D eigenvalue weighted by Crippen LogP contribution is 2.52. The van der Waals surface area contributed by atoms with Crippen molar-refractivity contribution in [1.29, 1.82) is 0 Å². The van der Waals surface area contributed by atoms with E-state index in [1.807, 2.05) is 64.3 Å². The number of fused-ring (bicyclic) bond motifs is 2. The number of likely N-dealkylation sites (tertiary alicyclic amines) is 1. The number of nitrogens with two attached hydrogens (primary N) is 1. The number of methoxy groups -OCH3 is 1. The quantitative estimate of drug-likeness (QED) is 0.206. The van der Waals surface area contributed by atoms with Crippen molar-refractivity contribution in [3.63, 3.8) is 0 Å². The Balaban J connectivity index is 1.24. The van der Waals surface area contributed by atoms with Gasteiger partial charge in [-0.25, -0.2) is 14.8 Å². The number of carbonyl (C=O) groups is 3. The molecule has 3 aromatic rings. The summed E-state index contributed by atoms with van der Waals surface area (Å²) >= 11 is 1.48. The van der Waals surface area contributed by atoms with Crippen LogP contribution in [-0.4, -0.2) is 90.0 Å². The Morgan fingerprint density at radius 3 is 2.46 bits per heavy atom. The molecule has 2 aromatic heterocycles. The number of alkyl carbamates (subject to hydrolysis) is 1. The Bertz CT molecular complexity index is 1710. The Labute approximate surface area is 296 Å². The van der Waals surface area contributed by atoms with Gasteiger partial charge in [-0.05, 0) is 62.5 Å². The third-order valence-electron chi connectivity index (χ3n) is 9.50. The fourth-order valence-corrected chi connectivity index (χ4v) is 7.74. The van der Waals surface area contributed by atoms with Gasteiger partial charge in [0, 0.05) is 42.5 Å². The summed E-state index contributed by atoms with van der Waals surface area (Å²) in [5.74, 6) is 1.39. The number of hydrogen-bond acceptors (Lipinski definition) is 11. The van der Waals surface area contributed by atoms with Crippen LogP contribution in [-0.2, 0) is 19.1 Å². The van der Waals surface area contributed by atoms with Gasteiger partial charge in [0.2, 0.25) is 11.8 Å². The van der Waals surface area contributed by atoms with E-state index in [1.54, 1.807) is 7.11 Å². The van der Waals surface area contributed by atoms with Crippen LogP contribution >= 0.6 is 11.3 Å². The van der Waals surface area contributed by atoms with Gasteiger partial charge < -0.3 is 40.2 Å². The third-order valence-corrected chi connectivity index (χ3v) is 10.3. The van der Waals surface area contributed by atoms with Gasteiger partial charge in [0.1, 0.15) is 48.1 Å². The van der Waals surface area contributed by atoms with Gasteiger partial charge in [-0.15, -0.1) is 11.3 Å². The zero-order chi connectivity index (χ0) is 35.7. The van der Waals surface area contributed by atoms with Gasteiger partial charge in [-0.2, -0.15) is 0 Å². The minimum atomic E-state index is -0.949. The Morgan fingerprint density at radius 1 is 1.02 bits per heavy atom. The van der Waals surface area contributed by atoms with E-state index < -0.39 is 41.5 Å². The van der Waals surface area contributed by atoms with Crippen molar-refractivity contribution in [3.05, 3.63) is 29.6 Å². The first-order valence-corrected chi connectivity index (χ1v) is 18.2. The molecule has 3 aliphatic rings. The lowest BCUT2D eigenvalue weighted by Crippen LogP contribution is -2.57. The predicted molar refractivity (Wildman–Crippen MR) is 190 cm³/mol. The second-order valence-electron chi connectivity index (χ2n) is 14.9. The van der Waals surface area contributed by atoms with Crippen LogP contribution in [0.5, 0.6) is 11.5 Å². The van der Waals surface area contributed by atoms with Crippen molar-refractivity contribution in [1.82, 2.24) is 20.2 Å². The molecule has 1 aromatic carbocycles. The summed E-state index contributed by atoms with van der Waals surface area (Å²) in [5, 5.41) is 9.58. The van der Waals surface area contributed by atoms with Gasteiger partial charge in [0.05, 0.1) is 24.4 Å². The van der Waals surface area contributed by atoms with E-state index in [9.17, 15) is 14.4 Å². The summed E-state index contributed by atoms with van der Waals surface area (Å²) in [6.07, 6.45) is 1.80. The number of anilines is 1. The van der Waals surface area contributed by atoms with Crippen LogP contribution < -0.4 is 25.8 Å².